The van der Waals surface area contributed by atoms with Gasteiger partial charge in [0.15, 0.2) is 0 Å². The molecule has 0 aliphatic heterocycles. The monoisotopic (exact) mass is 268 g/mol. The molecule has 0 amide bonds. The molecule has 4 nitrogen and oxygen atoms in total. The fraction of sp³-hybridized carbons (Fsp3) is 0.154. The van der Waals surface area contributed by atoms with Gasteiger partial charge in [0.05, 0.1) is 7.11 Å². The molecular weight excluding hydrogens is 256 g/mol. The van der Waals surface area contributed by atoms with E-state index < -0.39 is 5.97 Å². The third-order valence-electron chi connectivity index (χ3n) is 2.01. The molecule has 0 aliphatic carbocycles. The van der Waals surface area contributed by atoms with Crippen molar-refractivity contribution in [3.8, 4) is 11.5 Å². The van der Waals surface area contributed by atoms with Gasteiger partial charge in [-0.05, 0) is 24.3 Å². The van der Waals surface area contributed by atoms with Gasteiger partial charge in [-0.1, -0.05) is 18.2 Å². The van der Waals surface area contributed by atoms with Crippen LogP contribution in [0.15, 0.2) is 35.9 Å². The molecule has 1 aromatic carbocycles. The second kappa shape index (κ2) is 6.71. The van der Waals surface area contributed by atoms with Crippen molar-refractivity contribution in [1.82, 2.24) is 0 Å². The Hall–Kier alpha value is -1.94. The molecule has 18 heavy (non-hydrogen) atoms. The molecule has 0 aromatic heterocycles. The standard InChI is InChI=1S/C13H13ClO4/c1-9(14)8-18-12-5-4-11(17-2)7-10(12)3-6-13(15)16/h3-7H,1,8H2,2H3,(H,15,16)/b6-3+. The summed E-state index contributed by atoms with van der Waals surface area (Å²) in [6.07, 6.45) is 2.45. The summed E-state index contributed by atoms with van der Waals surface area (Å²) in [6.45, 7) is 3.67. The van der Waals surface area contributed by atoms with Crippen molar-refractivity contribution in [3.05, 3.63) is 41.4 Å². The summed E-state index contributed by atoms with van der Waals surface area (Å²) in [6, 6.07) is 5.07. The smallest absolute Gasteiger partial charge is 0.328 e. The normalized spacial score (nSPS) is 10.3. The predicted molar refractivity (Wildman–Crippen MR) is 70.2 cm³/mol. The second-order valence-corrected chi connectivity index (χ2v) is 3.92. The number of halogens is 1. The van der Waals surface area contributed by atoms with Gasteiger partial charge < -0.3 is 14.6 Å². The Bertz CT molecular complexity index is 480. The minimum absolute atomic E-state index is 0.155. The van der Waals surface area contributed by atoms with Gasteiger partial charge in [0.1, 0.15) is 18.1 Å². The molecule has 1 rings (SSSR count). The molecule has 1 N–H and O–H groups in total. The average Bonchev–Trinajstić information content (AvgIpc) is 2.34. The molecule has 0 unspecified atom stereocenters. The number of aliphatic carboxylic acids is 1. The van der Waals surface area contributed by atoms with Crippen molar-refractivity contribution in [2.75, 3.05) is 13.7 Å². The van der Waals surface area contributed by atoms with E-state index in [2.05, 4.69) is 6.58 Å². The van der Waals surface area contributed by atoms with Crippen molar-refractivity contribution < 1.29 is 19.4 Å². The van der Waals surface area contributed by atoms with Crippen molar-refractivity contribution in [2.45, 2.75) is 0 Å². The lowest BCUT2D eigenvalue weighted by Gasteiger charge is -2.10. The third kappa shape index (κ3) is 4.51. The van der Waals surface area contributed by atoms with Crippen molar-refractivity contribution in [3.63, 3.8) is 0 Å². The first kappa shape index (κ1) is 14.1. The summed E-state index contributed by atoms with van der Waals surface area (Å²) in [4.78, 5) is 10.5. The maximum absolute atomic E-state index is 10.5. The van der Waals surface area contributed by atoms with Gasteiger partial charge >= 0.3 is 5.97 Å². The van der Waals surface area contributed by atoms with E-state index in [1.54, 1.807) is 18.2 Å². The number of hydrogen-bond donors (Lipinski definition) is 1. The summed E-state index contributed by atoms with van der Waals surface area (Å²) in [7, 11) is 1.53. The second-order valence-electron chi connectivity index (χ2n) is 3.38. The van der Waals surface area contributed by atoms with Crippen LogP contribution in [-0.4, -0.2) is 24.8 Å². The number of carbonyl (C=O) groups is 1. The number of carboxylic acid groups (broad SMARTS) is 1. The highest BCUT2D eigenvalue weighted by Crippen LogP contribution is 2.26. The molecule has 0 heterocycles. The van der Waals surface area contributed by atoms with Crippen LogP contribution < -0.4 is 9.47 Å². The molecule has 0 saturated carbocycles. The Kier molecular flexibility index (Phi) is 5.27. The first-order valence-corrected chi connectivity index (χ1v) is 5.46. The Balaban J connectivity index is 2.99. The van der Waals surface area contributed by atoms with Crippen LogP contribution in [0.4, 0.5) is 0 Å². The number of ether oxygens (including phenoxy) is 2. The molecule has 0 atom stereocenters. The SMILES string of the molecule is C=C(Cl)COc1ccc(OC)cc1/C=C/C(=O)O. The minimum atomic E-state index is -1.04. The highest BCUT2D eigenvalue weighted by Gasteiger charge is 2.04. The zero-order valence-electron chi connectivity index (χ0n) is 9.85. The summed E-state index contributed by atoms with van der Waals surface area (Å²) < 4.78 is 10.5. The summed E-state index contributed by atoms with van der Waals surface area (Å²) in [5, 5.41) is 8.98. The van der Waals surface area contributed by atoms with E-state index in [-0.39, 0.29) is 6.61 Å². The summed E-state index contributed by atoms with van der Waals surface area (Å²) >= 11 is 5.61. The van der Waals surface area contributed by atoms with Crippen LogP contribution in [0.2, 0.25) is 0 Å². The lowest BCUT2D eigenvalue weighted by Crippen LogP contribution is -1.98. The van der Waals surface area contributed by atoms with E-state index in [1.165, 1.54) is 13.2 Å². The van der Waals surface area contributed by atoms with Crippen molar-refractivity contribution >= 4 is 23.6 Å². The van der Waals surface area contributed by atoms with Gasteiger partial charge in [-0.25, -0.2) is 4.79 Å². The highest BCUT2D eigenvalue weighted by atomic mass is 35.5. The molecular formula is C13H13ClO4. The topological polar surface area (TPSA) is 55.8 Å². The largest absolute Gasteiger partial charge is 0.497 e. The molecule has 0 aliphatic rings. The Morgan fingerprint density at radius 3 is 2.83 bits per heavy atom. The molecule has 96 valence electrons. The molecule has 5 heteroatoms. The number of rotatable bonds is 6. The summed E-state index contributed by atoms with van der Waals surface area (Å²) in [5.41, 5.74) is 0.592. The van der Waals surface area contributed by atoms with E-state index in [4.69, 9.17) is 26.2 Å². The number of benzene rings is 1. The molecule has 0 bridgehead atoms. The maximum atomic E-state index is 10.5. The zero-order valence-corrected chi connectivity index (χ0v) is 10.6. The van der Waals surface area contributed by atoms with Gasteiger partial charge in [-0.3, -0.25) is 0 Å². The van der Waals surface area contributed by atoms with Crippen LogP contribution >= 0.6 is 11.6 Å². The van der Waals surface area contributed by atoms with Gasteiger partial charge in [0, 0.05) is 16.7 Å². The minimum Gasteiger partial charge on any atom is -0.497 e. The highest BCUT2D eigenvalue weighted by molar-refractivity contribution is 6.29. The fourth-order valence-electron chi connectivity index (χ4n) is 1.23. The first-order valence-electron chi connectivity index (χ1n) is 5.08. The molecule has 0 spiro atoms. The van der Waals surface area contributed by atoms with Crippen LogP contribution in [0.5, 0.6) is 11.5 Å². The van der Waals surface area contributed by atoms with Gasteiger partial charge in [0.2, 0.25) is 0 Å². The lowest BCUT2D eigenvalue weighted by molar-refractivity contribution is -0.131. The number of carboxylic acids is 1. The Morgan fingerprint density at radius 1 is 1.56 bits per heavy atom. The van der Waals surface area contributed by atoms with Crippen molar-refractivity contribution in [1.29, 1.82) is 0 Å². The van der Waals surface area contributed by atoms with E-state index in [0.717, 1.165) is 6.08 Å². The predicted octanol–water partition coefficient (Wildman–Crippen LogP) is 2.92. The maximum Gasteiger partial charge on any atom is 0.328 e. The van der Waals surface area contributed by atoms with Gasteiger partial charge in [-0.2, -0.15) is 0 Å². The van der Waals surface area contributed by atoms with Crippen LogP contribution in [0, 0.1) is 0 Å². The van der Waals surface area contributed by atoms with E-state index in [0.29, 0.717) is 22.1 Å². The fourth-order valence-corrected chi connectivity index (χ4v) is 1.29. The number of methoxy groups -OCH3 is 1. The van der Waals surface area contributed by atoms with Crippen LogP contribution in [0.1, 0.15) is 5.56 Å². The lowest BCUT2D eigenvalue weighted by atomic mass is 10.1. The van der Waals surface area contributed by atoms with Gasteiger partial charge in [-0.15, -0.1) is 0 Å². The Labute approximate surface area is 110 Å². The molecule has 0 radical (unpaired) electrons. The van der Waals surface area contributed by atoms with Crippen LogP contribution in [-0.2, 0) is 4.79 Å². The van der Waals surface area contributed by atoms with Crippen LogP contribution in [0.3, 0.4) is 0 Å². The summed E-state index contributed by atoms with van der Waals surface area (Å²) in [5.74, 6) is 0.0812. The van der Waals surface area contributed by atoms with E-state index in [9.17, 15) is 4.79 Å². The number of hydrogen-bond acceptors (Lipinski definition) is 3. The van der Waals surface area contributed by atoms with E-state index in [1.807, 2.05) is 0 Å². The average molecular weight is 269 g/mol. The third-order valence-corrected chi connectivity index (χ3v) is 2.12. The Morgan fingerprint density at radius 2 is 2.28 bits per heavy atom. The first-order chi connectivity index (χ1) is 8.52. The van der Waals surface area contributed by atoms with Crippen LogP contribution in [0.25, 0.3) is 6.08 Å². The molecule has 0 fully saturated rings. The zero-order chi connectivity index (χ0) is 13.5. The van der Waals surface area contributed by atoms with Gasteiger partial charge in [0.25, 0.3) is 0 Å². The van der Waals surface area contributed by atoms with E-state index >= 15 is 0 Å². The molecule has 0 saturated heterocycles. The van der Waals surface area contributed by atoms with Crippen molar-refractivity contribution in [2.24, 2.45) is 0 Å². The quantitative estimate of drug-likeness (QED) is 0.806. The molecule has 1 aromatic rings.